The number of nitrogens with zero attached hydrogens (tertiary/aromatic N) is 3. The molecule has 0 saturated carbocycles. The molecule has 7 nitrogen and oxygen atoms in total. The molecule has 0 bridgehead atoms. The van der Waals surface area contributed by atoms with Crippen LogP contribution >= 0.6 is 0 Å². The molecule has 0 radical (unpaired) electrons. The number of halogens is 1. The number of benzene rings is 2. The monoisotopic (exact) mass is 462 g/mol. The van der Waals surface area contributed by atoms with Crippen LogP contribution in [0.25, 0.3) is 28.0 Å². The zero-order chi connectivity index (χ0) is 24.5. The second-order valence-corrected chi connectivity index (χ2v) is 9.15. The number of hydrogen-bond donors (Lipinski definition) is 2. The van der Waals surface area contributed by atoms with Crippen molar-refractivity contribution in [1.82, 2.24) is 15.1 Å². The highest BCUT2D eigenvalue weighted by Gasteiger charge is 2.24. The lowest BCUT2D eigenvalue weighted by Crippen LogP contribution is -2.39. The number of nitrogen functional groups attached to an aromatic ring is 1. The highest BCUT2D eigenvalue weighted by atomic mass is 19.1. The van der Waals surface area contributed by atoms with Crippen molar-refractivity contribution in [3.8, 4) is 28.1 Å². The van der Waals surface area contributed by atoms with Crippen LogP contribution in [0.3, 0.4) is 0 Å². The first-order valence-corrected chi connectivity index (χ1v) is 11.0. The summed E-state index contributed by atoms with van der Waals surface area (Å²) in [4.78, 5) is 14.0. The minimum absolute atomic E-state index is 0.0450. The maximum Gasteiger partial charge on any atom is 0.410 e. The normalized spacial score (nSPS) is 14.0. The summed E-state index contributed by atoms with van der Waals surface area (Å²) < 4.78 is 20.3. The zero-order valence-electron chi connectivity index (χ0n) is 19.4. The molecule has 34 heavy (non-hydrogen) atoms. The van der Waals surface area contributed by atoms with Crippen LogP contribution in [0.2, 0.25) is 0 Å². The Kier molecular flexibility index (Phi) is 6.24. The van der Waals surface area contributed by atoms with Crippen molar-refractivity contribution in [3.05, 3.63) is 66.0 Å². The lowest BCUT2D eigenvalue weighted by molar-refractivity contribution is 0.0270. The molecule has 3 N–H and O–H groups in total. The molecule has 176 valence electrons. The number of carbonyl (C=O) groups is 1. The molecule has 0 spiro atoms. The highest BCUT2D eigenvalue weighted by molar-refractivity contribution is 5.82. The number of phenolic OH excluding ortho intramolecular Hbond substituents is 1. The average Bonchev–Trinajstić information content (AvgIpc) is 2.79. The number of rotatable bonds is 3. The first-order chi connectivity index (χ1) is 16.1. The van der Waals surface area contributed by atoms with Gasteiger partial charge in [-0.3, -0.25) is 0 Å². The van der Waals surface area contributed by atoms with Crippen molar-refractivity contribution in [2.75, 3.05) is 18.8 Å². The Labute approximate surface area is 197 Å². The zero-order valence-corrected chi connectivity index (χ0v) is 19.4. The predicted molar refractivity (Wildman–Crippen MR) is 129 cm³/mol. The van der Waals surface area contributed by atoms with E-state index < -0.39 is 11.4 Å². The van der Waals surface area contributed by atoms with Crippen molar-refractivity contribution >= 4 is 17.5 Å². The summed E-state index contributed by atoms with van der Waals surface area (Å²) in [6, 6.07) is 13.2. The van der Waals surface area contributed by atoms with E-state index in [0.29, 0.717) is 36.3 Å². The Morgan fingerprint density at radius 1 is 1.09 bits per heavy atom. The molecule has 0 atom stereocenters. The number of anilines is 1. The minimum Gasteiger partial charge on any atom is -0.507 e. The molecule has 1 aliphatic heterocycles. The van der Waals surface area contributed by atoms with Gasteiger partial charge in [-0.25, -0.2) is 9.18 Å². The number of para-hydroxylation sites is 1. The molecule has 1 aromatic heterocycles. The van der Waals surface area contributed by atoms with Gasteiger partial charge in [0.05, 0.1) is 5.69 Å². The number of phenols is 1. The van der Waals surface area contributed by atoms with Crippen molar-refractivity contribution in [2.24, 2.45) is 0 Å². The molecule has 1 aliphatic rings. The van der Waals surface area contributed by atoms with Gasteiger partial charge >= 0.3 is 6.09 Å². The highest BCUT2D eigenvalue weighted by Crippen LogP contribution is 2.35. The topological polar surface area (TPSA) is 102 Å². The van der Waals surface area contributed by atoms with E-state index in [4.69, 9.17) is 10.5 Å². The van der Waals surface area contributed by atoms with Gasteiger partial charge in [-0.15, -0.1) is 10.2 Å². The molecule has 4 rings (SSSR count). The Bertz CT molecular complexity index is 1270. The molecule has 0 aliphatic carbocycles. The molecule has 3 aromatic rings. The number of aromatic hydroxyl groups is 1. The van der Waals surface area contributed by atoms with Gasteiger partial charge in [-0.05, 0) is 68.7 Å². The average molecular weight is 463 g/mol. The van der Waals surface area contributed by atoms with Crippen LogP contribution < -0.4 is 5.73 Å². The van der Waals surface area contributed by atoms with Gasteiger partial charge < -0.3 is 20.5 Å². The lowest BCUT2D eigenvalue weighted by atomic mass is 9.95. The van der Waals surface area contributed by atoms with Crippen LogP contribution in [0.5, 0.6) is 5.75 Å². The third-order valence-corrected chi connectivity index (χ3v) is 5.49. The molecule has 0 unspecified atom stereocenters. The van der Waals surface area contributed by atoms with E-state index in [1.54, 1.807) is 47.4 Å². The molecular formula is C26H27FN4O3. The third kappa shape index (κ3) is 5.01. The van der Waals surface area contributed by atoms with Gasteiger partial charge in [0.2, 0.25) is 0 Å². The van der Waals surface area contributed by atoms with Crippen LogP contribution in [0.1, 0.15) is 32.8 Å². The molecule has 0 saturated heterocycles. The van der Waals surface area contributed by atoms with E-state index in [1.807, 2.05) is 26.8 Å². The van der Waals surface area contributed by atoms with Crippen LogP contribution in [-0.4, -0.2) is 45.0 Å². The Morgan fingerprint density at radius 2 is 1.85 bits per heavy atom. The van der Waals surface area contributed by atoms with E-state index in [2.05, 4.69) is 10.2 Å². The fraction of sp³-hybridized carbons (Fsp3) is 0.269. The smallest absolute Gasteiger partial charge is 0.410 e. The van der Waals surface area contributed by atoms with Crippen LogP contribution in [0, 0.1) is 5.82 Å². The maximum absolute atomic E-state index is 14.9. The summed E-state index contributed by atoms with van der Waals surface area (Å²) in [5.74, 6) is -0.314. The van der Waals surface area contributed by atoms with Crippen molar-refractivity contribution in [2.45, 2.75) is 32.8 Å². The lowest BCUT2D eigenvalue weighted by Gasteiger charge is -2.29. The van der Waals surface area contributed by atoms with Crippen molar-refractivity contribution in [3.63, 3.8) is 0 Å². The van der Waals surface area contributed by atoms with E-state index in [1.165, 1.54) is 6.07 Å². The fourth-order valence-electron chi connectivity index (χ4n) is 3.79. The summed E-state index contributed by atoms with van der Waals surface area (Å²) in [5, 5.41) is 18.2. The van der Waals surface area contributed by atoms with Gasteiger partial charge in [0.15, 0.2) is 5.82 Å². The Hall–Kier alpha value is -3.94. The second kappa shape index (κ2) is 9.13. The Morgan fingerprint density at radius 3 is 2.53 bits per heavy atom. The van der Waals surface area contributed by atoms with E-state index in [9.17, 15) is 14.3 Å². The molecule has 2 heterocycles. The van der Waals surface area contributed by atoms with Crippen LogP contribution in [0.15, 0.2) is 54.6 Å². The predicted octanol–water partition coefficient (Wildman–Crippen LogP) is 5.26. The van der Waals surface area contributed by atoms with E-state index >= 15 is 0 Å². The first-order valence-electron chi connectivity index (χ1n) is 11.0. The van der Waals surface area contributed by atoms with Gasteiger partial charge in [0, 0.05) is 29.8 Å². The number of aromatic nitrogens is 2. The minimum atomic E-state index is -0.555. The molecule has 0 fully saturated rings. The van der Waals surface area contributed by atoms with Crippen molar-refractivity contribution < 1.29 is 19.0 Å². The number of nitrogens with two attached hydrogens (primary N) is 1. The molecule has 1 amide bonds. The maximum atomic E-state index is 14.9. The number of carbonyl (C=O) groups excluding carboxylic acids is 1. The Balaban J connectivity index is 1.63. The fourth-order valence-corrected chi connectivity index (χ4v) is 3.79. The standard InChI is InChI=1S/C26H27FN4O3/c1-26(2,3)34-25(33)31-12-10-16(11-13-31)17-8-9-21(27)19(14-17)20-15-22(29-30-24(20)28)18-6-4-5-7-23(18)32/h4-10,14-15,32H,11-13H2,1-3H3,(H2,28,30). The van der Waals surface area contributed by atoms with Gasteiger partial charge in [-0.1, -0.05) is 24.3 Å². The number of ether oxygens (including phenoxy) is 1. The molecule has 2 aromatic carbocycles. The first kappa shape index (κ1) is 23.2. The van der Waals surface area contributed by atoms with Crippen molar-refractivity contribution in [1.29, 1.82) is 0 Å². The number of hydrogen-bond acceptors (Lipinski definition) is 6. The van der Waals surface area contributed by atoms with Gasteiger partial charge in [-0.2, -0.15) is 0 Å². The van der Waals surface area contributed by atoms with E-state index in [0.717, 1.165) is 11.1 Å². The second-order valence-electron chi connectivity index (χ2n) is 9.15. The number of amides is 1. The van der Waals surface area contributed by atoms with Crippen LogP contribution in [0.4, 0.5) is 15.0 Å². The summed E-state index contributed by atoms with van der Waals surface area (Å²) in [5.41, 5.74) is 8.88. The quantitative estimate of drug-likeness (QED) is 0.550. The molecule has 8 heteroatoms. The summed E-state index contributed by atoms with van der Waals surface area (Å²) in [6.45, 7) is 6.42. The third-order valence-electron chi connectivity index (χ3n) is 5.49. The molecular weight excluding hydrogens is 435 g/mol. The SMILES string of the molecule is CC(C)(C)OC(=O)N1CC=C(c2ccc(F)c(-c3cc(-c4ccccc4O)nnc3N)c2)CC1. The summed E-state index contributed by atoms with van der Waals surface area (Å²) in [6.07, 6.45) is 2.21. The van der Waals surface area contributed by atoms with Crippen LogP contribution in [-0.2, 0) is 4.74 Å². The largest absolute Gasteiger partial charge is 0.507 e. The van der Waals surface area contributed by atoms with Gasteiger partial charge in [0.1, 0.15) is 17.2 Å². The van der Waals surface area contributed by atoms with E-state index in [-0.39, 0.29) is 23.2 Å². The summed E-state index contributed by atoms with van der Waals surface area (Å²) in [7, 11) is 0. The summed E-state index contributed by atoms with van der Waals surface area (Å²) >= 11 is 0. The van der Waals surface area contributed by atoms with Gasteiger partial charge in [0.25, 0.3) is 0 Å².